The Morgan fingerprint density at radius 1 is 1.57 bits per heavy atom. The van der Waals surface area contributed by atoms with E-state index in [1.54, 1.807) is 16.8 Å². The first-order valence-electron chi connectivity index (χ1n) is 4.47. The van der Waals surface area contributed by atoms with Gasteiger partial charge in [0, 0.05) is 22.4 Å². The Morgan fingerprint density at radius 2 is 2.21 bits per heavy atom. The summed E-state index contributed by atoms with van der Waals surface area (Å²) in [5, 5.41) is 0. The maximum Gasteiger partial charge on any atom is 0.136 e. The highest BCUT2D eigenvalue weighted by Gasteiger charge is 2.28. The molecule has 0 spiro atoms. The van der Waals surface area contributed by atoms with Gasteiger partial charge in [0.2, 0.25) is 0 Å². The van der Waals surface area contributed by atoms with Crippen molar-refractivity contribution in [3.63, 3.8) is 0 Å². The topological polar surface area (TPSA) is 48.0 Å². The Labute approximate surface area is 92.3 Å². The van der Waals surface area contributed by atoms with Crippen LogP contribution in [0.2, 0.25) is 0 Å². The van der Waals surface area contributed by atoms with Gasteiger partial charge in [-0.05, 0) is 27.7 Å². The van der Waals surface area contributed by atoms with Crippen LogP contribution in [0.3, 0.4) is 0 Å². The van der Waals surface area contributed by atoms with Gasteiger partial charge in [0.1, 0.15) is 4.75 Å². The summed E-state index contributed by atoms with van der Waals surface area (Å²) in [4.78, 5) is 5.11. The fourth-order valence-corrected chi connectivity index (χ4v) is 2.34. The molecule has 5 heteroatoms. The SMILES string of the molecule is CC(N[S@+]([O-])C(C)(C)C)c1cncs1. The summed E-state index contributed by atoms with van der Waals surface area (Å²) in [6.45, 7) is 7.86. The van der Waals surface area contributed by atoms with Crippen molar-refractivity contribution in [3.8, 4) is 0 Å². The number of hydrogen-bond acceptors (Lipinski definition) is 4. The predicted molar refractivity (Wildman–Crippen MR) is 61.6 cm³/mol. The van der Waals surface area contributed by atoms with Crippen molar-refractivity contribution in [3.05, 3.63) is 16.6 Å². The van der Waals surface area contributed by atoms with E-state index in [4.69, 9.17) is 0 Å². The predicted octanol–water partition coefficient (Wildman–Crippen LogP) is 2.26. The van der Waals surface area contributed by atoms with Crippen molar-refractivity contribution in [2.75, 3.05) is 0 Å². The Bertz CT molecular complexity index is 269. The molecule has 0 aliphatic heterocycles. The van der Waals surface area contributed by atoms with Crippen LogP contribution in [0.5, 0.6) is 0 Å². The number of nitrogens with zero attached hydrogens (tertiary/aromatic N) is 1. The molecule has 1 aromatic heterocycles. The molecule has 0 aliphatic carbocycles. The highest BCUT2D eigenvalue weighted by molar-refractivity contribution is 7.90. The summed E-state index contributed by atoms with van der Waals surface area (Å²) in [5.41, 5.74) is 1.79. The second-order valence-electron chi connectivity index (χ2n) is 4.12. The third-order valence-corrected chi connectivity index (χ3v) is 4.36. The molecule has 0 fully saturated rings. The Balaban J connectivity index is 2.53. The van der Waals surface area contributed by atoms with Crippen molar-refractivity contribution in [1.82, 2.24) is 9.71 Å². The molecule has 0 aromatic carbocycles. The maximum atomic E-state index is 11.8. The summed E-state index contributed by atoms with van der Waals surface area (Å²) in [5.74, 6) is 0. The number of thiazole rings is 1. The van der Waals surface area contributed by atoms with Crippen molar-refractivity contribution < 1.29 is 4.55 Å². The zero-order valence-electron chi connectivity index (χ0n) is 8.90. The van der Waals surface area contributed by atoms with Crippen LogP contribution in [0.25, 0.3) is 0 Å². The quantitative estimate of drug-likeness (QED) is 0.813. The van der Waals surface area contributed by atoms with Gasteiger partial charge in [-0.15, -0.1) is 16.1 Å². The lowest BCUT2D eigenvalue weighted by Crippen LogP contribution is -2.40. The Hall–Kier alpha value is -0.100. The third-order valence-electron chi connectivity index (χ3n) is 1.72. The number of nitrogens with one attached hydrogen (secondary N) is 1. The summed E-state index contributed by atoms with van der Waals surface area (Å²) in [7, 11) is 0. The Morgan fingerprint density at radius 3 is 2.64 bits per heavy atom. The van der Waals surface area contributed by atoms with Crippen LogP contribution in [0.1, 0.15) is 38.6 Å². The van der Waals surface area contributed by atoms with Gasteiger partial charge in [-0.25, -0.2) is 0 Å². The molecule has 80 valence electrons. The first-order valence-corrected chi connectivity index (χ1v) is 6.50. The number of rotatable bonds is 3. The van der Waals surface area contributed by atoms with E-state index in [0.717, 1.165) is 4.88 Å². The standard InChI is InChI=1S/C9H16N2OS2/c1-7(8-5-10-6-13-8)11-14(12)9(2,3)4/h5-7,11H,1-4H3/t7?,14-/m1/s1. The minimum atomic E-state index is -1.02. The fourth-order valence-electron chi connectivity index (χ4n) is 0.835. The first-order chi connectivity index (χ1) is 6.41. The molecule has 2 atom stereocenters. The summed E-state index contributed by atoms with van der Waals surface area (Å²) in [6.07, 6.45) is 1.81. The summed E-state index contributed by atoms with van der Waals surface area (Å²) >= 11 is 0.552. The molecule has 0 saturated heterocycles. The van der Waals surface area contributed by atoms with E-state index in [0.29, 0.717) is 0 Å². The highest BCUT2D eigenvalue weighted by Crippen LogP contribution is 2.21. The zero-order chi connectivity index (χ0) is 10.8. The molecule has 0 aliphatic rings. The van der Waals surface area contributed by atoms with Crippen molar-refractivity contribution in [1.29, 1.82) is 0 Å². The van der Waals surface area contributed by atoms with Crippen LogP contribution in [0, 0.1) is 0 Å². The molecular formula is C9H16N2OS2. The van der Waals surface area contributed by atoms with Crippen LogP contribution >= 0.6 is 11.3 Å². The average molecular weight is 232 g/mol. The largest absolute Gasteiger partial charge is 0.598 e. The van der Waals surface area contributed by atoms with Crippen LogP contribution in [0.15, 0.2) is 11.7 Å². The summed E-state index contributed by atoms with van der Waals surface area (Å²) in [6, 6.07) is 0.0996. The van der Waals surface area contributed by atoms with E-state index in [1.807, 2.05) is 33.9 Å². The van der Waals surface area contributed by atoms with Crippen LogP contribution in [-0.2, 0) is 11.4 Å². The zero-order valence-corrected chi connectivity index (χ0v) is 10.5. The molecule has 0 saturated carbocycles. The van der Waals surface area contributed by atoms with E-state index >= 15 is 0 Å². The van der Waals surface area contributed by atoms with Gasteiger partial charge < -0.3 is 4.55 Å². The van der Waals surface area contributed by atoms with Crippen LogP contribution in [-0.4, -0.2) is 14.3 Å². The fraction of sp³-hybridized carbons (Fsp3) is 0.667. The van der Waals surface area contributed by atoms with Crippen molar-refractivity contribution in [2.24, 2.45) is 0 Å². The summed E-state index contributed by atoms with van der Waals surface area (Å²) < 4.78 is 14.6. The van der Waals surface area contributed by atoms with Crippen LogP contribution in [0.4, 0.5) is 0 Å². The molecule has 14 heavy (non-hydrogen) atoms. The molecule has 1 rings (SSSR count). The molecular weight excluding hydrogens is 216 g/mol. The second kappa shape index (κ2) is 4.61. The smallest absolute Gasteiger partial charge is 0.136 e. The van der Waals surface area contributed by atoms with Crippen molar-refractivity contribution >= 4 is 22.7 Å². The third kappa shape index (κ3) is 3.24. The van der Waals surface area contributed by atoms with Gasteiger partial charge in [0.05, 0.1) is 11.6 Å². The molecule has 1 heterocycles. The molecule has 3 nitrogen and oxygen atoms in total. The lowest BCUT2D eigenvalue weighted by atomic mass is 10.3. The van der Waals surface area contributed by atoms with Gasteiger partial charge in [-0.2, -0.15) is 0 Å². The normalized spacial score (nSPS) is 16.6. The molecule has 0 radical (unpaired) electrons. The van der Waals surface area contributed by atoms with Gasteiger partial charge in [-0.3, -0.25) is 4.98 Å². The number of aromatic nitrogens is 1. The first kappa shape index (κ1) is 12.0. The molecule has 1 aromatic rings. The van der Waals surface area contributed by atoms with Gasteiger partial charge in [-0.1, -0.05) is 0 Å². The van der Waals surface area contributed by atoms with Gasteiger partial charge in [0.25, 0.3) is 0 Å². The molecule has 0 bridgehead atoms. The van der Waals surface area contributed by atoms with Gasteiger partial charge in [0.15, 0.2) is 0 Å². The minimum absolute atomic E-state index is 0.0996. The number of hydrogen-bond donors (Lipinski definition) is 1. The lowest BCUT2D eigenvalue weighted by molar-refractivity contribution is 0.532. The van der Waals surface area contributed by atoms with Crippen molar-refractivity contribution in [2.45, 2.75) is 38.5 Å². The molecule has 0 amide bonds. The second-order valence-corrected chi connectivity index (χ2v) is 7.04. The van der Waals surface area contributed by atoms with Gasteiger partial charge >= 0.3 is 0 Å². The highest BCUT2D eigenvalue weighted by atomic mass is 32.2. The average Bonchev–Trinajstić information content (AvgIpc) is 2.53. The van der Waals surface area contributed by atoms with E-state index in [2.05, 4.69) is 9.71 Å². The minimum Gasteiger partial charge on any atom is -0.598 e. The molecule has 1 N–H and O–H groups in total. The monoisotopic (exact) mass is 232 g/mol. The van der Waals surface area contributed by atoms with E-state index in [9.17, 15) is 4.55 Å². The lowest BCUT2D eigenvalue weighted by Gasteiger charge is -2.25. The van der Waals surface area contributed by atoms with E-state index in [-0.39, 0.29) is 10.8 Å². The maximum absolute atomic E-state index is 11.8. The Kier molecular flexibility index (Phi) is 3.94. The van der Waals surface area contributed by atoms with Crippen LogP contribution < -0.4 is 4.72 Å². The van der Waals surface area contributed by atoms with E-state index in [1.165, 1.54) is 0 Å². The molecule has 1 unspecified atom stereocenters. The van der Waals surface area contributed by atoms with E-state index < -0.39 is 11.4 Å².